The number of carbonyl (C=O) groups excluding carboxylic acids is 1. The Kier molecular flexibility index (Phi) is 4.21. The molecule has 106 valence electrons. The van der Waals surface area contributed by atoms with E-state index in [9.17, 15) is 4.79 Å². The van der Waals surface area contributed by atoms with Crippen LogP contribution in [0.4, 0.5) is 0 Å². The van der Waals surface area contributed by atoms with Crippen LogP contribution in [-0.4, -0.2) is 30.5 Å². The van der Waals surface area contributed by atoms with Gasteiger partial charge in [-0.2, -0.15) is 0 Å². The molecule has 1 N–H and O–H groups in total. The number of aryl methyl sites for hydroxylation is 2. The first kappa shape index (κ1) is 14.4. The number of hydrogen-bond acceptors (Lipinski definition) is 3. The largest absolute Gasteiger partial charge is 0.466 e. The summed E-state index contributed by atoms with van der Waals surface area (Å²) in [5.74, 6) is 1.74. The van der Waals surface area contributed by atoms with E-state index >= 15 is 0 Å². The van der Waals surface area contributed by atoms with Gasteiger partial charge in [-0.3, -0.25) is 4.79 Å². The van der Waals surface area contributed by atoms with Crippen molar-refractivity contribution in [2.75, 3.05) is 19.1 Å². The van der Waals surface area contributed by atoms with E-state index in [0.29, 0.717) is 30.4 Å². The van der Waals surface area contributed by atoms with Crippen molar-refractivity contribution < 1.29 is 13.9 Å². The van der Waals surface area contributed by atoms with Gasteiger partial charge in [0.25, 0.3) is 5.91 Å². The Balaban J connectivity index is 2.20. The zero-order valence-corrected chi connectivity index (χ0v) is 12.4. The maximum atomic E-state index is 12.5. The minimum Gasteiger partial charge on any atom is -0.466 e. The molecule has 1 amide bonds. The first-order chi connectivity index (χ1) is 8.99. The quantitative estimate of drug-likeness (QED) is 0.869. The third-order valence-electron chi connectivity index (χ3n) is 3.87. The third kappa shape index (κ3) is 2.79. The summed E-state index contributed by atoms with van der Waals surface area (Å²) in [4.78, 5) is 12.5. The van der Waals surface area contributed by atoms with Crippen LogP contribution in [-0.2, 0) is 4.74 Å². The lowest BCUT2D eigenvalue weighted by Crippen LogP contribution is -2.53. The molecule has 0 aliphatic carbocycles. The highest BCUT2D eigenvalue weighted by Crippen LogP contribution is 2.25. The van der Waals surface area contributed by atoms with Crippen LogP contribution in [0.3, 0.4) is 0 Å². The zero-order valence-electron chi connectivity index (χ0n) is 11.6. The van der Waals surface area contributed by atoms with E-state index in [1.165, 1.54) is 0 Å². The van der Waals surface area contributed by atoms with Crippen molar-refractivity contribution in [3.8, 4) is 0 Å². The Bertz CT molecular complexity index is 475. The second-order valence-corrected chi connectivity index (χ2v) is 5.46. The molecular formula is C14H20ClNO3. The molecule has 4 nitrogen and oxygen atoms in total. The minimum atomic E-state index is -0.360. The lowest BCUT2D eigenvalue weighted by molar-refractivity contribution is 0.0433. The molecule has 1 fully saturated rings. The molecule has 0 radical (unpaired) electrons. The fraction of sp³-hybridized carbons (Fsp3) is 0.643. The van der Waals surface area contributed by atoms with E-state index in [-0.39, 0.29) is 11.4 Å². The highest BCUT2D eigenvalue weighted by molar-refractivity contribution is 6.19. The molecule has 1 saturated heterocycles. The van der Waals surface area contributed by atoms with E-state index in [4.69, 9.17) is 20.8 Å². The van der Waals surface area contributed by atoms with E-state index in [0.717, 1.165) is 24.2 Å². The maximum absolute atomic E-state index is 12.5. The molecule has 1 aliphatic heterocycles. The smallest absolute Gasteiger partial charge is 0.255 e. The van der Waals surface area contributed by atoms with Gasteiger partial charge in [0.05, 0.1) is 11.1 Å². The standard InChI is InChI=1S/C14H20ClNO3/c1-9-10(2)19-11(3)12(9)13(17)16-14(8-15)4-6-18-7-5-14/h4-8H2,1-3H3,(H,16,17). The third-order valence-corrected chi connectivity index (χ3v) is 4.38. The van der Waals surface area contributed by atoms with Gasteiger partial charge >= 0.3 is 0 Å². The van der Waals surface area contributed by atoms with E-state index in [1.54, 1.807) is 0 Å². The molecule has 1 aromatic heterocycles. The average molecular weight is 286 g/mol. The van der Waals surface area contributed by atoms with Gasteiger partial charge in [0.2, 0.25) is 0 Å². The molecule has 0 unspecified atom stereocenters. The SMILES string of the molecule is Cc1oc(C)c(C(=O)NC2(CCl)CCOCC2)c1C. The summed E-state index contributed by atoms with van der Waals surface area (Å²) in [6.45, 7) is 6.85. The minimum absolute atomic E-state index is 0.102. The summed E-state index contributed by atoms with van der Waals surface area (Å²) < 4.78 is 10.8. The highest BCUT2D eigenvalue weighted by atomic mass is 35.5. The molecule has 0 aromatic carbocycles. The van der Waals surface area contributed by atoms with Crippen LogP contribution in [0.2, 0.25) is 0 Å². The fourth-order valence-electron chi connectivity index (χ4n) is 2.48. The van der Waals surface area contributed by atoms with E-state index in [2.05, 4.69) is 5.32 Å². The topological polar surface area (TPSA) is 51.5 Å². The number of furan rings is 1. The first-order valence-electron chi connectivity index (χ1n) is 6.52. The van der Waals surface area contributed by atoms with E-state index in [1.807, 2.05) is 20.8 Å². The van der Waals surface area contributed by atoms with Gasteiger partial charge in [-0.1, -0.05) is 0 Å². The molecule has 19 heavy (non-hydrogen) atoms. The zero-order chi connectivity index (χ0) is 14.0. The summed E-state index contributed by atoms with van der Waals surface area (Å²) in [6.07, 6.45) is 1.49. The molecule has 0 bridgehead atoms. The molecular weight excluding hydrogens is 266 g/mol. The van der Waals surface area contributed by atoms with Crippen LogP contribution in [0.1, 0.15) is 40.3 Å². The predicted molar refractivity (Wildman–Crippen MR) is 73.9 cm³/mol. The Hall–Kier alpha value is -1.00. The summed E-state index contributed by atoms with van der Waals surface area (Å²) in [5.41, 5.74) is 1.17. The molecule has 0 saturated carbocycles. The number of ether oxygens (including phenoxy) is 1. The van der Waals surface area contributed by atoms with Crippen LogP contribution < -0.4 is 5.32 Å². The van der Waals surface area contributed by atoms with Crippen molar-refractivity contribution in [1.82, 2.24) is 5.32 Å². The van der Waals surface area contributed by atoms with Crippen molar-refractivity contribution in [3.05, 3.63) is 22.6 Å². The number of carbonyl (C=O) groups is 1. The Labute approximate surface area is 118 Å². The van der Waals surface area contributed by atoms with Crippen LogP contribution in [0, 0.1) is 20.8 Å². The van der Waals surface area contributed by atoms with Crippen LogP contribution in [0.25, 0.3) is 0 Å². The van der Waals surface area contributed by atoms with Gasteiger partial charge in [0.1, 0.15) is 11.5 Å². The maximum Gasteiger partial charge on any atom is 0.255 e. The average Bonchev–Trinajstić information content (AvgIpc) is 2.64. The van der Waals surface area contributed by atoms with Crippen molar-refractivity contribution in [2.24, 2.45) is 0 Å². The van der Waals surface area contributed by atoms with Gasteiger partial charge in [-0.25, -0.2) is 0 Å². The number of rotatable bonds is 3. The Morgan fingerprint density at radius 1 is 1.26 bits per heavy atom. The summed E-state index contributed by atoms with van der Waals surface area (Å²) >= 11 is 6.06. The molecule has 1 aliphatic rings. The first-order valence-corrected chi connectivity index (χ1v) is 7.05. The summed E-state index contributed by atoms with van der Waals surface area (Å²) in [6, 6.07) is 0. The number of amides is 1. The van der Waals surface area contributed by atoms with Crippen LogP contribution in [0.15, 0.2) is 4.42 Å². The second kappa shape index (κ2) is 5.55. The predicted octanol–water partition coefficient (Wildman–Crippen LogP) is 2.72. The van der Waals surface area contributed by atoms with Gasteiger partial charge in [-0.05, 0) is 33.6 Å². The monoisotopic (exact) mass is 285 g/mol. The van der Waals surface area contributed by atoms with Crippen LogP contribution >= 0.6 is 11.6 Å². The molecule has 2 rings (SSSR count). The van der Waals surface area contributed by atoms with Gasteiger partial charge in [0, 0.05) is 24.7 Å². The van der Waals surface area contributed by atoms with Crippen molar-refractivity contribution in [2.45, 2.75) is 39.2 Å². The molecule has 5 heteroatoms. The lowest BCUT2D eigenvalue weighted by atomic mass is 9.91. The van der Waals surface area contributed by atoms with Crippen molar-refractivity contribution in [3.63, 3.8) is 0 Å². The molecule has 0 spiro atoms. The Morgan fingerprint density at radius 2 is 1.89 bits per heavy atom. The number of nitrogens with one attached hydrogen (secondary N) is 1. The number of alkyl halides is 1. The lowest BCUT2D eigenvalue weighted by Gasteiger charge is -2.36. The van der Waals surface area contributed by atoms with Crippen molar-refractivity contribution in [1.29, 1.82) is 0 Å². The fourth-order valence-corrected chi connectivity index (χ4v) is 2.82. The van der Waals surface area contributed by atoms with Gasteiger partial charge in [0.15, 0.2) is 0 Å². The summed E-state index contributed by atoms with van der Waals surface area (Å²) in [7, 11) is 0. The van der Waals surface area contributed by atoms with Crippen molar-refractivity contribution >= 4 is 17.5 Å². The number of hydrogen-bond donors (Lipinski definition) is 1. The normalized spacial score (nSPS) is 18.3. The molecule has 2 heterocycles. The van der Waals surface area contributed by atoms with E-state index < -0.39 is 0 Å². The summed E-state index contributed by atoms with van der Waals surface area (Å²) in [5, 5.41) is 3.08. The number of halogens is 1. The van der Waals surface area contributed by atoms with Gasteiger partial charge in [-0.15, -0.1) is 11.6 Å². The van der Waals surface area contributed by atoms with Crippen LogP contribution in [0.5, 0.6) is 0 Å². The second-order valence-electron chi connectivity index (χ2n) is 5.19. The van der Waals surface area contributed by atoms with Gasteiger partial charge < -0.3 is 14.5 Å². The molecule has 1 aromatic rings. The highest BCUT2D eigenvalue weighted by Gasteiger charge is 2.34. The Morgan fingerprint density at radius 3 is 2.37 bits per heavy atom. The molecule has 0 atom stereocenters.